The lowest BCUT2D eigenvalue weighted by atomic mass is 10.2. The lowest BCUT2D eigenvalue weighted by Gasteiger charge is -2.13. The summed E-state index contributed by atoms with van der Waals surface area (Å²) in [6.45, 7) is 1.27. The van der Waals surface area contributed by atoms with Crippen LogP contribution in [0.1, 0.15) is 19.8 Å². The van der Waals surface area contributed by atoms with Crippen LogP contribution in [0.15, 0.2) is 41.8 Å². The van der Waals surface area contributed by atoms with Crippen LogP contribution in [0.25, 0.3) is 0 Å². The first kappa shape index (κ1) is 17.0. The Morgan fingerprint density at radius 1 is 1.28 bits per heavy atom. The Bertz CT molecular complexity index is 709. The van der Waals surface area contributed by atoms with Crippen molar-refractivity contribution in [2.75, 3.05) is 18.5 Å². The molecule has 0 spiro atoms. The zero-order valence-corrected chi connectivity index (χ0v) is 13.9. The predicted octanol–water partition coefficient (Wildman–Crippen LogP) is 1.37. The molecule has 132 valence electrons. The third-order valence-electron chi connectivity index (χ3n) is 4.14. The molecule has 1 fully saturated rings. The number of carbonyl (C=O) groups excluding carboxylic acids is 3. The molecular formula is C18H20N2O5. The Morgan fingerprint density at radius 2 is 2.00 bits per heavy atom. The van der Waals surface area contributed by atoms with Crippen molar-refractivity contribution in [2.45, 2.75) is 25.8 Å². The van der Waals surface area contributed by atoms with Crippen LogP contribution in [0.5, 0.6) is 0 Å². The molecule has 0 unspecified atom stereocenters. The number of carbonyl (C=O) groups is 3. The van der Waals surface area contributed by atoms with E-state index in [9.17, 15) is 14.4 Å². The molecule has 1 amide bonds. The number of rotatable bonds is 7. The van der Waals surface area contributed by atoms with Gasteiger partial charge in [0.15, 0.2) is 18.8 Å². The molecule has 1 aliphatic heterocycles. The average Bonchev–Trinajstić information content (AvgIpc) is 3.38. The number of ether oxygens (including phenoxy) is 2. The van der Waals surface area contributed by atoms with Gasteiger partial charge in [0.2, 0.25) is 11.7 Å². The average molecular weight is 344 g/mol. The number of anilines is 1. The van der Waals surface area contributed by atoms with Crippen LogP contribution in [0.3, 0.4) is 0 Å². The van der Waals surface area contributed by atoms with E-state index in [1.807, 2.05) is 25.1 Å². The van der Waals surface area contributed by atoms with E-state index in [0.29, 0.717) is 11.6 Å². The number of nitrogens with one attached hydrogen (secondary N) is 2. The molecule has 2 aliphatic rings. The molecule has 7 heteroatoms. The molecule has 1 aliphatic carbocycles. The zero-order valence-electron chi connectivity index (χ0n) is 13.9. The molecule has 1 atom stereocenters. The third-order valence-corrected chi connectivity index (χ3v) is 4.14. The topological polar surface area (TPSA) is 93.7 Å². The van der Waals surface area contributed by atoms with Gasteiger partial charge in [0.05, 0.1) is 0 Å². The van der Waals surface area contributed by atoms with Gasteiger partial charge in [-0.05, 0) is 37.8 Å². The summed E-state index contributed by atoms with van der Waals surface area (Å²) >= 11 is 0. The van der Waals surface area contributed by atoms with Crippen LogP contribution in [0.4, 0.5) is 5.69 Å². The van der Waals surface area contributed by atoms with Crippen molar-refractivity contribution >= 4 is 23.3 Å². The van der Waals surface area contributed by atoms with Crippen LogP contribution < -0.4 is 10.6 Å². The van der Waals surface area contributed by atoms with Gasteiger partial charge < -0.3 is 20.1 Å². The summed E-state index contributed by atoms with van der Waals surface area (Å²) in [5, 5.41) is 5.67. The molecular weight excluding hydrogens is 324 g/mol. The highest BCUT2D eigenvalue weighted by Gasteiger charge is 2.33. The summed E-state index contributed by atoms with van der Waals surface area (Å²) in [7, 11) is 0. The van der Waals surface area contributed by atoms with Gasteiger partial charge in [-0.15, -0.1) is 0 Å². The molecule has 7 nitrogen and oxygen atoms in total. The standard InChI is InChI=1S/C18H20N2O5/c1-11(12-7-8-12)19-15(22)10-25-18(23)16-14(21)9-24-17(16)20-13-5-3-2-4-6-13/h2-6,11-12,20H,7-10H2,1H3,(H,19,22)/t11-/m0/s1. The fourth-order valence-corrected chi connectivity index (χ4v) is 2.58. The molecule has 25 heavy (non-hydrogen) atoms. The number of para-hydroxylation sites is 1. The minimum absolute atomic E-state index is 0.0490. The molecule has 1 saturated carbocycles. The second-order valence-electron chi connectivity index (χ2n) is 6.18. The van der Waals surface area contributed by atoms with Gasteiger partial charge in [-0.1, -0.05) is 18.2 Å². The molecule has 2 N–H and O–H groups in total. The van der Waals surface area contributed by atoms with Gasteiger partial charge >= 0.3 is 5.97 Å². The molecule has 1 aromatic rings. The Hall–Kier alpha value is -2.83. The van der Waals surface area contributed by atoms with E-state index in [-0.39, 0.29) is 30.0 Å². The Morgan fingerprint density at radius 3 is 2.68 bits per heavy atom. The first-order valence-corrected chi connectivity index (χ1v) is 8.23. The minimum Gasteiger partial charge on any atom is -0.470 e. The van der Waals surface area contributed by atoms with Crippen LogP contribution in [-0.2, 0) is 23.9 Å². The fourth-order valence-electron chi connectivity index (χ4n) is 2.58. The van der Waals surface area contributed by atoms with Crippen LogP contribution in [-0.4, -0.2) is 36.9 Å². The summed E-state index contributed by atoms with van der Waals surface area (Å²) in [4.78, 5) is 35.9. The number of amides is 1. The summed E-state index contributed by atoms with van der Waals surface area (Å²) in [6.07, 6.45) is 2.21. The normalized spacial score (nSPS) is 17.7. The molecule has 0 saturated heterocycles. The van der Waals surface area contributed by atoms with E-state index >= 15 is 0 Å². The highest BCUT2D eigenvalue weighted by Crippen LogP contribution is 2.32. The maximum atomic E-state index is 12.2. The third kappa shape index (κ3) is 4.37. The number of Topliss-reactive ketones (excluding diaryl/α,β-unsaturated/α-hetero) is 1. The van der Waals surface area contributed by atoms with Gasteiger partial charge in [-0.2, -0.15) is 0 Å². The molecule has 0 bridgehead atoms. The van der Waals surface area contributed by atoms with Crippen molar-refractivity contribution in [1.82, 2.24) is 5.32 Å². The minimum atomic E-state index is -0.866. The van der Waals surface area contributed by atoms with Crippen molar-refractivity contribution in [3.05, 3.63) is 41.8 Å². The second kappa shape index (κ2) is 7.38. The summed E-state index contributed by atoms with van der Waals surface area (Å²) in [6, 6.07) is 9.07. The Labute approximate surface area is 145 Å². The Balaban J connectivity index is 1.59. The molecule has 0 radical (unpaired) electrons. The van der Waals surface area contributed by atoms with Crippen LogP contribution in [0.2, 0.25) is 0 Å². The van der Waals surface area contributed by atoms with Crippen molar-refractivity contribution in [3.63, 3.8) is 0 Å². The van der Waals surface area contributed by atoms with Gasteiger partial charge in [0.25, 0.3) is 5.91 Å². The lowest BCUT2D eigenvalue weighted by molar-refractivity contribution is -0.145. The maximum absolute atomic E-state index is 12.2. The van der Waals surface area contributed by atoms with Gasteiger partial charge in [-0.25, -0.2) is 4.79 Å². The van der Waals surface area contributed by atoms with Crippen molar-refractivity contribution in [2.24, 2.45) is 5.92 Å². The van der Waals surface area contributed by atoms with E-state index in [4.69, 9.17) is 9.47 Å². The molecule has 3 rings (SSSR count). The zero-order chi connectivity index (χ0) is 17.8. The second-order valence-corrected chi connectivity index (χ2v) is 6.18. The van der Waals surface area contributed by atoms with Crippen LogP contribution in [0, 0.1) is 5.92 Å². The smallest absolute Gasteiger partial charge is 0.347 e. The van der Waals surface area contributed by atoms with E-state index in [2.05, 4.69) is 10.6 Å². The van der Waals surface area contributed by atoms with E-state index in [0.717, 1.165) is 12.8 Å². The molecule has 1 aromatic carbocycles. The van der Waals surface area contributed by atoms with Gasteiger partial charge in [-0.3, -0.25) is 9.59 Å². The van der Waals surface area contributed by atoms with Gasteiger partial charge in [0.1, 0.15) is 0 Å². The van der Waals surface area contributed by atoms with E-state index in [1.165, 1.54) is 0 Å². The first-order chi connectivity index (χ1) is 12.0. The van der Waals surface area contributed by atoms with E-state index < -0.39 is 18.4 Å². The fraction of sp³-hybridized carbons (Fsp3) is 0.389. The SMILES string of the molecule is C[C@H](NC(=O)COC(=O)C1=C(Nc2ccccc2)OCC1=O)C1CC1. The quantitative estimate of drug-likeness (QED) is 0.573. The lowest BCUT2D eigenvalue weighted by Crippen LogP contribution is -2.37. The van der Waals surface area contributed by atoms with E-state index in [1.54, 1.807) is 12.1 Å². The monoisotopic (exact) mass is 344 g/mol. The Kier molecular flexibility index (Phi) is 5.02. The largest absolute Gasteiger partial charge is 0.470 e. The number of esters is 1. The number of hydrogen-bond donors (Lipinski definition) is 2. The number of ketones is 1. The summed E-state index contributed by atoms with van der Waals surface area (Å²) in [5.41, 5.74) is 0.473. The van der Waals surface area contributed by atoms with Crippen molar-refractivity contribution < 1.29 is 23.9 Å². The van der Waals surface area contributed by atoms with Crippen molar-refractivity contribution in [3.8, 4) is 0 Å². The highest BCUT2D eigenvalue weighted by atomic mass is 16.5. The number of benzene rings is 1. The molecule has 0 aromatic heterocycles. The summed E-state index contributed by atoms with van der Waals surface area (Å²) < 4.78 is 10.2. The molecule has 1 heterocycles. The predicted molar refractivity (Wildman–Crippen MR) is 89.3 cm³/mol. The highest BCUT2D eigenvalue weighted by molar-refractivity contribution is 6.20. The maximum Gasteiger partial charge on any atom is 0.347 e. The van der Waals surface area contributed by atoms with Gasteiger partial charge in [0, 0.05) is 11.7 Å². The van der Waals surface area contributed by atoms with Crippen LogP contribution >= 0.6 is 0 Å². The van der Waals surface area contributed by atoms with Crippen molar-refractivity contribution in [1.29, 1.82) is 0 Å². The number of hydrogen-bond acceptors (Lipinski definition) is 6. The first-order valence-electron chi connectivity index (χ1n) is 8.23. The summed E-state index contributed by atoms with van der Waals surface area (Å²) in [5.74, 6) is -1.16.